The minimum absolute atomic E-state index is 0.157. The third kappa shape index (κ3) is 4.97. The Bertz CT molecular complexity index is 1320. The Kier molecular flexibility index (Phi) is 5.95. The molecule has 0 bridgehead atoms. The molecule has 0 radical (unpaired) electrons. The van der Waals surface area contributed by atoms with Crippen LogP contribution >= 0.6 is 11.3 Å². The first-order valence-electron chi connectivity index (χ1n) is 9.45. The number of carbonyl (C=O) groups excluding carboxylic acids is 1. The van der Waals surface area contributed by atoms with Gasteiger partial charge in [-0.15, -0.1) is 24.5 Å². The Labute approximate surface area is 183 Å². The molecule has 32 heavy (non-hydrogen) atoms. The summed E-state index contributed by atoms with van der Waals surface area (Å²) in [5.74, 6) is -0.942. The van der Waals surface area contributed by atoms with Crippen LogP contribution in [0.15, 0.2) is 71.8 Å². The van der Waals surface area contributed by atoms with Crippen LogP contribution in [-0.4, -0.2) is 21.8 Å². The van der Waals surface area contributed by atoms with Gasteiger partial charge in [0.2, 0.25) is 5.91 Å². The van der Waals surface area contributed by atoms with Crippen molar-refractivity contribution in [3.8, 4) is 16.2 Å². The molecule has 2 aromatic heterocycles. The molecule has 0 aliphatic rings. The summed E-state index contributed by atoms with van der Waals surface area (Å²) in [7, 11) is 0. The van der Waals surface area contributed by atoms with Crippen molar-refractivity contribution in [1.29, 1.82) is 0 Å². The zero-order valence-electron chi connectivity index (χ0n) is 16.4. The highest BCUT2D eigenvalue weighted by atomic mass is 32.1. The van der Waals surface area contributed by atoms with Gasteiger partial charge >= 0.3 is 6.36 Å². The number of ether oxygens (including phenoxy) is 1. The fourth-order valence-electron chi connectivity index (χ4n) is 3.08. The van der Waals surface area contributed by atoms with Crippen molar-refractivity contribution in [2.45, 2.75) is 19.5 Å². The number of halogens is 3. The Hall–Kier alpha value is -3.66. The fourth-order valence-corrected chi connectivity index (χ4v) is 4.15. The first kappa shape index (κ1) is 21.6. The first-order valence-corrected chi connectivity index (χ1v) is 10.3. The molecule has 0 aliphatic heterocycles. The number of hydrogen-bond donors (Lipinski definition) is 1. The Morgan fingerprint density at radius 3 is 2.56 bits per heavy atom. The minimum Gasteiger partial charge on any atom is -0.405 e. The predicted octanol–water partition coefficient (Wildman–Crippen LogP) is 4.34. The van der Waals surface area contributed by atoms with Gasteiger partial charge in [-0.2, -0.15) is 0 Å². The second-order valence-electron chi connectivity index (χ2n) is 6.80. The summed E-state index contributed by atoms with van der Waals surface area (Å²) in [4.78, 5) is 30.3. The van der Waals surface area contributed by atoms with E-state index in [4.69, 9.17) is 0 Å². The number of benzene rings is 2. The van der Waals surface area contributed by atoms with Gasteiger partial charge in [-0.05, 0) is 17.7 Å². The van der Waals surface area contributed by atoms with E-state index in [2.05, 4.69) is 15.0 Å². The molecule has 6 nitrogen and oxygen atoms in total. The van der Waals surface area contributed by atoms with E-state index >= 15 is 0 Å². The summed E-state index contributed by atoms with van der Waals surface area (Å²) in [6, 6.07) is 16.9. The van der Waals surface area contributed by atoms with Crippen LogP contribution < -0.4 is 15.6 Å². The van der Waals surface area contributed by atoms with Crippen molar-refractivity contribution >= 4 is 27.5 Å². The Morgan fingerprint density at radius 1 is 1.09 bits per heavy atom. The van der Waals surface area contributed by atoms with E-state index in [0.717, 1.165) is 10.4 Å². The fraction of sp³-hybridized carbons (Fsp3) is 0.136. The molecule has 0 unspecified atom stereocenters. The van der Waals surface area contributed by atoms with Gasteiger partial charge in [0.25, 0.3) is 5.56 Å². The van der Waals surface area contributed by atoms with Crippen molar-refractivity contribution < 1.29 is 22.7 Å². The minimum atomic E-state index is -4.84. The SMILES string of the molecule is O=C(Cn1cnc2cc(-c3ccccc3)sc2c1=O)NCc1ccccc1OC(F)(F)F. The summed E-state index contributed by atoms with van der Waals surface area (Å²) < 4.78 is 43.2. The van der Waals surface area contributed by atoms with E-state index in [1.807, 2.05) is 36.4 Å². The van der Waals surface area contributed by atoms with Crippen LogP contribution in [0, 0.1) is 0 Å². The lowest BCUT2D eigenvalue weighted by atomic mass is 10.2. The number of carbonyl (C=O) groups is 1. The standard InChI is InChI=1S/C22H16F3N3O3S/c23-22(24,25)31-17-9-5-4-8-15(17)11-26-19(29)12-28-13-27-16-10-18(32-20(16)21(28)30)14-6-2-1-3-7-14/h1-10,13H,11-12H2,(H,26,29). The van der Waals surface area contributed by atoms with Gasteiger partial charge in [0.05, 0.1) is 11.8 Å². The van der Waals surface area contributed by atoms with Gasteiger partial charge in [-0.25, -0.2) is 4.98 Å². The number of nitrogens with zero attached hydrogens (tertiary/aromatic N) is 2. The van der Waals surface area contributed by atoms with Crippen LogP contribution in [0.2, 0.25) is 0 Å². The second kappa shape index (κ2) is 8.83. The molecule has 4 aromatic rings. The van der Waals surface area contributed by atoms with Crippen molar-refractivity contribution in [2.24, 2.45) is 0 Å². The largest absolute Gasteiger partial charge is 0.573 e. The normalized spacial score (nSPS) is 11.5. The van der Waals surface area contributed by atoms with E-state index in [1.165, 1.54) is 46.5 Å². The average Bonchev–Trinajstić information content (AvgIpc) is 3.20. The smallest absolute Gasteiger partial charge is 0.405 e. The monoisotopic (exact) mass is 459 g/mol. The van der Waals surface area contributed by atoms with Gasteiger partial charge in [0, 0.05) is 17.0 Å². The molecule has 1 amide bonds. The maximum atomic E-state index is 12.8. The van der Waals surface area contributed by atoms with Crippen LogP contribution in [0.25, 0.3) is 20.7 Å². The zero-order valence-corrected chi connectivity index (χ0v) is 17.2. The summed E-state index contributed by atoms with van der Waals surface area (Å²) in [6.07, 6.45) is -3.56. The van der Waals surface area contributed by atoms with E-state index in [1.54, 1.807) is 0 Å². The first-order chi connectivity index (χ1) is 15.3. The molecule has 2 aromatic carbocycles. The van der Waals surface area contributed by atoms with Crippen molar-refractivity contribution in [3.63, 3.8) is 0 Å². The molecule has 164 valence electrons. The van der Waals surface area contributed by atoms with Gasteiger partial charge in [-0.3, -0.25) is 14.2 Å². The molecule has 0 saturated carbocycles. The van der Waals surface area contributed by atoms with Crippen LogP contribution in [-0.2, 0) is 17.9 Å². The maximum absolute atomic E-state index is 12.8. The molecule has 0 saturated heterocycles. The van der Waals surface area contributed by atoms with Gasteiger partial charge in [0.1, 0.15) is 17.0 Å². The average molecular weight is 459 g/mol. The van der Waals surface area contributed by atoms with Crippen LogP contribution in [0.4, 0.5) is 13.2 Å². The van der Waals surface area contributed by atoms with Crippen molar-refractivity contribution in [1.82, 2.24) is 14.9 Å². The third-order valence-corrected chi connectivity index (χ3v) is 5.71. The quantitative estimate of drug-likeness (QED) is 0.466. The van der Waals surface area contributed by atoms with E-state index < -0.39 is 18.0 Å². The molecule has 0 atom stereocenters. The maximum Gasteiger partial charge on any atom is 0.573 e. The molecule has 1 N–H and O–H groups in total. The number of thiophene rings is 1. The molecular weight excluding hydrogens is 443 g/mol. The highest BCUT2D eigenvalue weighted by Crippen LogP contribution is 2.30. The highest BCUT2D eigenvalue weighted by molar-refractivity contribution is 7.22. The van der Waals surface area contributed by atoms with E-state index in [0.29, 0.717) is 10.2 Å². The highest BCUT2D eigenvalue weighted by Gasteiger charge is 2.32. The van der Waals surface area contributed by atoms with Crippen LogP contribution in [0.5, 0.6) is 5.75 Å². The lowest BCUT2D eigenvalue weighted by Crippen LogP contribution is -2.32. The van der Waals surface area contributed by atoms with E-state index in [-0.39, 0.29) is 24.2 Å². The predicted molar refractivity (Wildman–Crippen MR) is 114 cm³/mol. The lowest BCUT2D eigenvalue weighted by molar-refractivity contribution is -0.274. The number of aromatic nitrogens is 2. The molecule has 0 spiro atoms. The number of fused-ring (bicyclic) bond motifs is 1. The second-order valence-corrected chi connectivity index (χ2v) is 7.85. The zero-order chi connectivity index (χ0) is 22.7. The number of rotatable bonds is 6. The molecule has 4 rings (SSSR count). The lowest BCUT2D eigenvalue weighted by Gasteiger charge is -2.13. The number of hydrogen-bond acceptors (Lipinski definition) is 5. The number of nitrogens with one attached hydrogen (secondary N) is 1. The molecule has 10 heteroatoms. The van der Waals surface area contributed by atoms with Gasteiger partial charge < -0.3 is 10.1 Å². The van der Waals surface area contributed by atoms with Crippen molar-refractivity contribution in [2.75, 3.05) is 0 Å². The summed E-state index contributed by atoms with van der Waals surface area (Å²) in [5, 5.41) is 2.51. The molecule has 0 fully saturated rings. The number of alkyl halides is 3. The number of amides is 1. The Balaban J connectivity index is 1.48. The topological polar surface area (TPSA) is 73.2 Å². The van der Waals surface area contributed by atoms with E-state index in [9.17, 15) is 22.8 Å². The molecular formula is C22H16F3N3O3S. The number of para-hydroxylation sites is 1. The molecule has 2 heterocycles. The van der Waals surface area contributed by atoms with Gasteiger partial charge in [-0.1, -0.05) is 48.5 Å². The summed E-state index contributed by atoms with van der Waals surface area (Å²) in [5.41, 5.74) is 1.29. The summed E-state index contributed by atoms with van der Waals surface area (Å²) in [6.45, 7) is -0.505. The van der Waals surface area contributed by atoms with Crippen LogP contribution in [0.3, 0.4) is 0 Å². The Morgan fingerprint density at radius 2 is 1.81 bits per heavy atom. The summed E-state index contributed by atoms with van der Waals surface area (Å²) >= 11 is 1.29. The van der Waals surface area contributed by atoms with Gasteiger partial charge in [0.15, 0.2) is 0 Å². The molecule has 0 aliphatic carbocycles. The van der Waals surface area contributed by atoms with Crippen LogP contribution in [0.1, 0.15) is 5.56 Å². The van der Waals surface area contributed by atoms with Crippen molar-refractivity contribution in [3.05, 3.63) is 82.9 Å². The third-order valence-electron chi connectivity index (χ3n) is 4.55.